The number of β-amino-alcohol motifs (C(OH)–C–C–N with tert-alkyl or cyclic N) is 1. The van der Waals surface area contributed by atoms with Crippen LogP contribution < -0.4 is 16.0 Å². The van der Waals surface area contributed by atoms with E-state index in [4.69, 9.17) is 5.73 Å². The minimum absolute atomic E-state index is 0.266. The number of aliphatic hydroxyl groups is 1. The van der Waals surface area contributed by atoms with Crippen molar-refractivity contribution in [3.63, 3.8) is 0 Å². The van der Waals surface area contributed by atoms with E-state index in [1.54, 1.807) is 0 Å². The highest BCUT2D eigenvalue weighted by Crippen LogP contribution is 2.36. The molecule has 1 aromatic carbocycles. The Hall–Kier alpha value is -2.34. The zero-order valence-electron chi connectivity index (χ0n) is 13.9. The number of nitrogens with zero attached hydrogens (tertiary/aromatic N) is 3. The fraction of sp³-hybridized carbons (Fsp3) is 0.444. The molecule has 2 fully saturated rings. The number of aryl methyl sites for hydroxylation is 1. The molecular formula is C18H23N5O. The monoisotopic (exact) mass is 325 g/mol. The Bertz CT molecular complexity index is 761. The Morgan fingerprint density at radius 3 is 2.83 bits per heavy atom. The fourth-order valence-corrected chi connectivity index (χ4v) is 3.43. The SMILES string of the molecule is Cc1ccccc1C1(O)CCN(c2cc(NC3CC3)nc(N)n2)C1. The summed E-state index contributed by atoms with van der Waals surface area (Å²) in [5.41, 5.74) is 7.13. The van der Waals surface area contributed by atoms with Crippen LogP contribution in [0.1, 0.15) is 30.4 Å². The van der Waals surface area contributed by atoms with Crippen LogP contribution in [0.3, 0.4) is 0 Å². The fourth-order valence-electron chi connectivity index (χ4n) is 3.43. The lowest BCUT2D eigenvalue weighted by molar-refractivity contribution is 0.0600. The first kappa shape index (κ1) is 15.2. The lowest BCUT2D eigenvalue weighted by atomic mass is 9.89. The van der Waals surface area contributed by atoms with E-state index in [1.165, 1.54) is 12.8 Å². The molecule has 2 aliphatic rings. The molecule has 126 valence electrons. The van der Waals surface area contributed by atoms with Gasteiger partial charge in [-0.2, -0.15) is 9.97 Å². The van der Waals surface area contributed by atoms with E-state index < -0.39 is 5.60 Å². The second-order valence-electron chi connectivity index (χ2n) is 6.91. The molecule has 1 unspecified atom stereocenters. The predicted molar refractivity (Wildman–Crippen MR) is 95.0 cm³/mol. The number of nitrogens with two attached hydrogens (primary N) is 1. The van der Waals surface area contributed by atoms with E-state index in [-0.39, 0.29) is 5.95 Å². The van der Waals surface area contributed by atoms with E-state index in [9.17, 15) is 5.11 Å². The minimum atomic E-state index is -0.852. The Kier molecular flexibility index (Phi) is 3.57. The molecule has 6 nitrogen and oxygen atoms in total. The van der Waals surface area contributed by atoms with Gasteiger partial charge in [-0.3, -0.25) is 0 Å². The maximum Gasteiger partial charge on any atom is 0.223 e. The minimum Gasteiger partial charge on any atom is -0.383 e. The van der Waals surface area contributed by atoms with Crippen LogP contribution in [0.25, 0.3) is 0 Å². The van der Waals surface area contributed by atoms with Gasteiger partial charge in [-0.05, 0) is 37.3 Å². The molecule has 1 saturated heterocycles. The van der Waals surface area contributed by atoms with Gasteiger partial charge in [0.25, 0.3) is 0 Å². The largest absolute Gasteiger partial charge is 0.383 e. The van der Waals surface area contributed by atoms with Crippen molar-refractivity contribution in [3.05, 3.63) is 41.5 Å². The van der Waals surface area contributed by atoms with E-state index in [0.29, 0.717) is 19.0 Å². The molecule has 4 N–H and O–H groups in total. The van der Waals surface area contributed by atoms with Crippen molar-refractivity contribution in [2.75, 3.05) is 29.0 Å². The van der Waals surface area contributed by atoms with Crippen molar-refractivity contribution in [2.45, 2.75) is 37.8 Å². The van der Waals surface area contributed by atoms with Crippen LogP contribution in [0.15, 0.2) is 30.3 Å². The summed E-state index contributed by atoms with van der Waals surface area (Å²) in [7, 11) is 0. The van der Waals surface area contributed by atoms with E-state index >= 15 is 0 Å². The molecule has 1 saturated carbocycles. The van der Waals surface area contributed by atoms with Crippen LogP contribution in [0.4, 0.5) is 17.6 Å². The number of aromatic nitrogens is 2. The molecule has 24 heavy (non-hydrogen) atoms. The van der Waals surface area contributed by atoms with E-state index in [0.717, 1.165) is 29.3 Å². The topological polar surface area (TPSA) is 87.3 Å². The Labute approximate surface area is 141 Å². The van der Waals surface area contributed by atoms with Crippen molar-refractivity contribution < 1.29 is 5.11 Å². The smallest absolute Gasteiger partial charge is 0.223 e. The number of hydrogen-bond donors (Lipinski definition) is 3. The summed E-state index contributed by atoms with van der Waals surface area (Å²) in [6.07, 6.45) is 3.03. The average molecular weight is 325 g/mol. The summed E-state index contributed by atoms with van der Waals surface area (Å²) in [4.78, 5) is 10.7. The average Bonchev–Trinajstić information content (AvgIpc) is 3.26. The van der Waals surface area contributed by atoms with E-state index in [1.807, 2.05) is 37.3 Å². The van der Waals surface area contributed by atoms with Gasteiger partial charge in [0.1, 0.15) is 17.2 Å². The van der Waals surface area contributed by atoms with Crippen molar-refractivity contribution in [3.8, 4) is 0 Å². The second-order valence-corrected chi connectivity index (χ2v) is 6.91. The first-order valence-corrected chi connectivity index (χ1v) is 8.48. The second kappa shape index (κ2) is 5.63. The summed E-state index contributed by atoms with van der Waals surface area (Å²) in [5, 5.41) is 14.5. The van der Waals surface area contributed by atoms with Gasteiger partial charge >= 0.3 is 0 Å². The third-order valence-electron chi connectivity index (χ3n) is 4.88. The molecule has 0 radical (unpaired) electrons. The first-order valence-electron chi connectivity index (χ1n) is 8.48. The van der Waals surface area contributed by atoms with Gasteiger partial charge in [-0.1, -0.05) is 24.3 Å². The zero-order valence-corrected chi connectivity index (χ0v) is 13.9. The van der Waals surface area contributed by atoms with Crippen LogP contribution in [0.5, 0.6) is 0 Å². The molecule has 1 atom stereocenters. The van der Waals surface area contributed by atoms with Crippen LogP contribution in [0.2, 0.25) is 0 Å². The Morgan fingerprint density at radius 2 is 2.08 bits per heavy atom. The molecule has 0 spiro atoms. The maximum absolute atomic E-state index is 11.1. The summed E-state index contributed by atoms with van der Waals surface area (Å²) in [5.74, 6) is 1.81. The summed E-state index contributed by atoms with van der Waals surface area (Å²) < 4.78 is 0. The maximum atomic E-state index is 11.1. The number of nitrogens with one attached hydrogen (secondary N) is 1. The van der Waals surface area contributed by atoms with Gasteiger partial charge in [0.05, 0.1) is 6.54 Å². The van der Waals surface area contributed by atoms with Crippen LogP contribution >= 0.6 is 0 Å². The number of benzene rings is 1. The summed E-state index contributed by atoms with van der Waals surface area (Å²) in [6, 6.07) is 10.5. The standard InChI is InChI=1S/C18H23N5O/c1-12-4-2-3-5-14(12)18(24)8-9-23(11-18)16-10-15(20-13-6-7-13)21-17(19)22-16/h2-5,10,13,24H,6-9,11H2,1H3,(H3,19,20,21,22). The van der Waals surface area contributed by atoms with Gasteiger partial charge in [0.2, 0.25) is 5.95 Å². The zero-order chi connectivity index (χ0) is 16.7. The van der Waals surface area contributed by atoms with Gasteiger partial charge in [0.15, 0.2) is 0 Å². The van der Waals surface area contributed by atoms with Gasteiger partial charge in [0, 0.05) is 18.7 Å². The molecule has 0 bridgehead atoms. The van der Waals surface area contributed by atoms with Crippen molar-refractivity contribution in [1.29, 1.82) is 0 Å². The Balaban J connectivity index is 1.58. The van der Waals surface area contributed by atoms with Crippen LogP contribution in [0, 0.1) is 6.92 Å². The molecule has 4 rings (SSSR count). The number of hydrogen-bond acceptors (Lipinski definition) is 6. The van der Waals surface area contributed by atoms with Gasteiger partial charge < -0.3 is 21.1 Å². The number of anilines is 3. The van der Waals surface area contributed by atoms with Gasteiger partial charge in [-0.25, -0.2) is 0 Å². The molecule has 1 aliphatic carbocycles. The number of rotatable bonds is 4. The molecule has 0 amide bonds. The molecule has 1 aliphatic heterocycles. The van der Waals surface area contributed by atoms with Crippen LogP contribution in [-0.4, -0.2) is 34.2 Å². The quantitative estimate of drug-likeness (QED) is 0.797. The molecule has 2 aromatic rings. The lowest BCUT2D eigenvalue weighted by Crippen LogP contribution is -2.32. The normalized spacial score (nSPS) is 23.5. The Morgan fingerprint density at radius 1 is 1.29 bits per heavy atom. The van der Waals surface area contributed by atoms with Gasteiger partial charge in [-0.15, -0.1) is 0 Å². The summed E-state index contributed by atoms with van der Waals surface area (Å²) >= 11 is 0. The predicted octanol–water partition coefficient (Wildman–Crippen LogP) is 2.04. The van der Waals surface area contributed by atoms with Crippen LogP contribution in [-0.2, 0) is 5.60 Å². The lowest BCUT2D eigenvalue weighted by Gasteiger charge is -2.26. The highest BCUT2D eigenvalue weighted by atomic mass is 16.3. The van der Waals surface area contributed by atoms with Crippen molar-refractivity contribution >= 4 is 17.6 Å². The first-order chi connectivity index (χ1) is 11.5. The van der Waals surface area contributed by atoms with Crippen molar-refractivity contribution in [2.24, 2.45) is 0 Å². The van der Waals surface area contributed by atoms with Crippen molar-refractivity contribution in [1.82, 2.24) is 9.97 Å². The highest BCUT2D eigenvalue weighted by Gasteiger charge is 2.39. The highest BCUT2D eigenvalue weighted by molar-refractivity contribution is 5.55. The third kappa shape index (κ3) is 2.89. The number of nitrogen functional groups attached to an aromatic ring is 1. The third-order valence-corrected chi connectivity index (χ3v) is 4.88. The molecular weight excluding hydrogens is 302 g/mol. The summed E-state index contributed by atoms with van der Waals surface area (Å²) in [6.45, 7) is 3.29. The molecule has 1 aromatic heterocycles. The molecule has 2 heterocycles. The van der Waals surface area contributed by atoms with E-state index in [2.05, 4.69) is 20.2 Å². The molecule has 6 heteroatoms.